The first kappa shape index (κ1) is 9.45. The Balaban J connectivity index is 2.05. The fraction of sp³-hybridized carbons (Fsp3) is 0.778. The molecule has 0 saturated carbocycles. The van der Waals surface area contributed by atoms with Gasteiger partial charge >= 0.3 is 5.97 Å². The van der Waals surface area contributed by atoms with Crippen molar-refractivity contribution in [1.29, 1.82) is 0 Å². The average Bonchev–Trinajstić information content (AvgIpc) is 2.18. The van der Waals surface area contributed by atoms with E-state index in [4.69, 9.17) is 9.84 Å². The monoisotopic (exact) mass is 199 g/mol. The van der Waals surface area contributed by atoms with Crippen LogP contribution in [0.5, 0.6) is 0 Å². The standard InChI is InChI=1S/C9H13NO4/c11-8-5-14-4-7-2-1-6(9(12)13)3-10(7)8/h6-7H,1-5H2,(H,12,13)/t6-,7+/m1/s1. The van der Waals surface area contributed by atoms with E-state index in [1.165, 1.54) is 0 Å². The molecule has 2 heterocycles. The second-order valence-corrected chi connectivity index (χ2v) is 3.83. The Hall–Kier alpha value is -1.10. The van der Waals surface area contributed by atoms with Crippen molar-refractivity contribution in [2.45, 2.75) is 18.9 Å². The average molecular weight is 199 g/mol. The number of carbonyl (C=O) groups excluding carboxylic acids is 1. The fourth-order valence-electron chi connectivity index (χ4n) is 2.07. The minimum Gasteiger partial charge on any atom is -0.481 e. The molecular weight excluding hydrogens is 186 g/mol. The summed E-state index contributed by atoms with van der Waals surface area (Å²) in [6, 6.07) is 0.104. The molecule has 5 nitrogen and oxygen atoms in total. The van der Waals surface area contributed by atoms with E-state index in [9.17, 15) is 9.59 Å². The number of hydrogen-bond acceptors (Lipinski definition) is 3. The molecular formula is C9H13NO4. The van der Waals surface area contributed by atoms with Crippen molar-refractivity contribution in [2.75, 3.05) is 19.8 Å². The molecule has 1 amide bonds. The van der Waals surface area contributed by atoms with Crippen molar-refractivity contribution in [1.82, 2.24) is 4.90 Å². The zero-order valence-corrected chi connectivity index (χ0v) is 7.81. The van der Waals surface area contributed by atoms with Gasteiger partial charge in [-0.25, -0.2) is 0 Å². The molecule has 0 spiro atoms. The Morgan fingerprint density at radius 3 is 3.00 bits per heavy atom. The number of morpholine rings is 1. The van der Waals surface area contributed by atoms with E-state index in [1.54, 1.807) is 4.90 Å². The molecule has 14 heavy (non-hydrogen) atoms. The van der Waals surface area contributed by atoms with Gasteiger partial charge < -0.3 is 14.7 Å². The number of nitrogens with zero attached hydrogens (tertiary/aromatic N) is 1. The normalized spacial score (nSPS) is 32.6. The van der Waals surface area contributed by atoms with E-state index >= 15 is 0 Å². The van der Waals surface area contributed by atoms with Crippen molar-refractivity contribution >= 4 is 11.9 Å². The minimum atomic E-state index is -0.803. The highest BCUT2D eigenvalue weighted by Crippen LogP contribution is 2.24. The summed E-state index contributed by atoms with van der Waals surface area (Å²) in [5.41, 5.74) is 0. The van der Waals surface area contributed by atoms with Crippen LogP contribution in [0, 0.1) is 5.92 Å². The van der Waals surface area contributed by atoms with Gasteiger partial charge in [-0.3, -0.25) is 9.59 Å². The first-order valence-electron chi connectivity index (χ1n) is 4.78. The number of carboxylic acids is 1. The predicted molar refractivity (Wildman–Crippen MR) is 46.7 cm³/mol. The molecule has 0 aromatic carbocycles. The minimum absolute atomic E-state index is 0.0767. The van der Waals surface area contributed by atoms with Crippen LogP contribution in [0.25, 0.3) is 0 Å². The molecule has 0 unspecified atom stereocenters. The van der Waals surface area contributed by atoms with Gasteiger partial charge in [0.25, 0.3) is 0 Å². The summed E-state index contributed by atoms with van der Waals surface area (Å²) in [4.78, 5) is 23.8. The molecule has 2 atom stereocenters. The number of carboxylic acid groups (broad SMARTS) is 1. The van der Waals surface area contributed by atoms with Gasteiger partial charge in [-0.2, -0.15) is 0 Å². The van der Waals surface area contributed by atoms with Gasteiger partial charge in [0.15, 0.2) is 0 Å². The summed E-state index contributed by atoms with van der Waals surface area (Å²) in [6.45, 7) is 1.00. The molecule has 2 saturated heterocycles. The van der Waals surface area contributed by atoms with E-state index in [1.807, 2.05) is 0 Å². The Bertz CT molecular complexity index is 266. The molecule has 0 bridgehead atoms. The largest absolute Gasteiger partial charge is 0.481 e. The maximum atomic E-state index is 11.4. The quantitative estimate of drug-likeness (QED) is 0.630. The van der Waals surface area contributed by atoms with Crippen LogP contribution in [0.4, 0.5) is 0 Å². The van der Waals surface area contributed by atoms with E-state index in [2.05, 4.69) is 0 Å². The first-order chi connectivity index (χ1) is 6.68. The Morgan fingerprint density at radius 2 is 2.29 bits per heavy atom. The van der Waals surface area contributed by atoms with Gasteiger partial charge in [-0.15, -0.1) is 0 Å². The van der Waals surface area contributed by atoms with Crippen molar-refractivity contribution in [2.24, 2.45) is 5.92 Å². The lowest BCUT2D eigenvalue weighted by molar-refractivity contribution is -0.157. The molecule has 1 N–H and O–H groups in total. The van der Waals surface area contributed by atoms with Crippen LogP contribution < -0.4 is 0 Å². The molecule has 0 aliphatic carbocycles. The third-order valence-electron chi connectivity index (χ3n) is 2.91. The highest BCUT2D eigenvalue weighted by molar-refractivity contribution is 5.80. The van der Waals surface area contributed by atoms with Crippen LogP contribution in [-0.4, -0.2) is 47.7 Å². The lowest BCUT2D eigenvalue weighted by Gasteiger charge is -2.41. The highest BCUT2D eigenvalue weighted by Gasteiger charge is 2.36. The zero-order chi connectivity index (χ0) is 10.1. The van der Waals surface area contributed by atoms with Gasteiger partial charge in [-0.1, -0.05) is 0 Å². The van der Waals surface area contributed by atoms with Crippen LogP contribution in [0.15, 0.2) is 0 Å². The molecule has 2 aliphatic rings. The van der Waals surface area contributed by atoms with E-state index < -0.39 is 11.9 Å². The molecule has 2 rings (SSSR count). The van der Waals surface area contributed by atoms with Gasteiger partial charge in [0.05, 0.1) is 18.6 Å². The zero-order valence-electron chi connectivity index (χ0n) is 7.81. The van der Waals surface area contributed by atoms with Crippen LogP contribution in [0.2, 0.25) is 0 Å². The third kappa shape index (κ3) is 1.59. The number of piperidine rings is 1. The number of carbonyl (C=O) groups is 2. The first-order valence-corrected chi connectivity index (χ1v) is 4.78. The number of ether oxygens (including phenoxy) is 1. The third-order valence-corrected chi connectivity index (χ3v) is 2.91. The summed E-state index contributed by atoms with van der Waals surface area (Å²) in [5, 5.41) is 8.85. The number of aliphatic carboxylic acids is 1. The van der Waals surface area contributed by atoms with Gasteiger partial charge in [-0.05, 0) is 12.8 Å². The predicted octanol–water partition coefficient (Wildman–Crippen LogP) is -0.292. The molecule has 2 aliphatic heterocycles. The molecule has 2 fully saturated rings. The van der Waals surface area contributed by atoms with E-state index in [0.717, 1.165) is 6.42 Å². The summed E-state index contributed by atoms with van der Waals surface area (Å²) in [7, 11) is 0. The second kappa shape index (κ2) is 3.57. The van der Waals surface area contributed by atoms with Crippen molar-refractivity contribution in [3.05, 3.63) is 0 Å². The van der Waals surface area contributed by atoms with Crippen LogP contribution in [0.1, 0.15) is 12.8 Å². The topological polar surface area (TPSA) is 66.8 Å². The second-order valence-electron chi connectivity index (χ2n) is 3.83. The summed E-state index contributed by atoms with van der Waals surface area (Å²) in [6.07, 6.45) is 1.38. The molecule has 0 radical (unpaired) electrons. The lowest BCUT2D eigenvalue weighted by Crippen LogP contribution is -2.54. The Morgan fingerprint density at radius 1 is 1.50 bits per heavy atom. The van der Waals surface area contributed by atoms with Crippen molar-refractivity contribution < 1.29 is 19.4 Å². The number of fused-ring (bicyclic) bond motifs is 1. The summed E-state index contributed by atoms with van der Waals surface area (Å²) in [5.74, 6) is -1.27. The Kier molecular flexibility index (Phi) is 2.41. The lowest BCUT2D eigenvalue weighted by atomic mass is 9.92. The smallest absolute Gasteiger partial charge is 0.308 e. The highest BCUT2D eigenvalue weighted by atomic mass is 16.5. The van der Waals surface area contributed by atoms with Crippen molar-refractivity contribution in [3.63, 3.8) is 0 Å². The van der Waals surface area contributed by atoms with Gasteiger partial charge in [0, 0.05) is 6.54 Å². The summed E-state index contributed by atoms with van der Waals surface area (Å²) >= 11 is 0. The Labute approximate surface area is 81.6 Å². The number of rotatable bonds is 1. The molecule has 78 valence electrons. The maximum absolute atomic E-state index is 11.4. The maximum Gasteiger partial charge on any atom is 0.308 e. The number of amides is 1. The molecule has 0 aromatic heterocycles. The van der Waals surface area contributed by atoms with Crippen molar-refractivity contribution in [3.8, 4) is 0 Å². The van der Waals surface area contributed by atoms with Gasteiger partial charge in [0.1, 0.15) is 6.61 Å². The summed E-state index contributed by atoms with van der Waals surface area (Å²) < 4.78 is 5.11. The van der Waals surface area contributed by atoms with Crippen LogP contribution in [-0.2, 0) is 14.3 Å². The molecule has 0 aromatic rings. The van der Waals surface area contributed by atoms with E-state index in [0.29, 0.717) is 19.6 Å². The molecule has 5 heteroatoms. The number of hydrogen-bond donors (Lipinski definition) is 1. The fourth-order valence-corrected chi connectivity index (χ4v) is 2.07. The SMILES string of the molecule is O=C(O)[C@@H]1CC[C@H]2COCC(=O)N2C1. The van der Waals surface area contributed by atoms with Gasteiger partial charge in [0.2, 0.25) is 5.91 Å². The van der Waals surface area contributed by atoms with Crippen LogP contribution >= 0.6 is 0 Å². The van der Waals surface area contributed by atoms with E-state index in [-0.39, 0.29) is 18.6 Å². The van der Waals surface area contributed by atoms with Crippen LogP contribution in [0.3, 0.4) is 0 Å².